The van der Waals surface area contributed by atoms with Gasteiger partial charge in [0, 0.05) is 18.3 Å². The first-order chi connectivity index (χ1) is 7.01. The molecule has 0 spiro atoms. The van der Waals surface area contributed by atoms with Crippen molar-refractivity contribution in [3.05, 3.63) is 30.1 Å². The molecule has 0 bridgehead atoms. The molecule has 0 saturated heterocycles. The van der Waals surface area contributed by atoms with Gasteiger partial charge in [0.25, 0.3) is 10.1 Å². The molecule has 1 heterocycles. The van der Waals surface area contributed by atoms with E-state index in [0.717, 1.165) is 6.26 Å². The van der Waals surface area contributed by atoms with Gasteiger partial charge < -0.3 is 4.79 Å². The minimum atomic E-state index is -3.61. The summed E-state index contributed by atoms with van der Waals surface area (Å²) in [6, 6.07) is 5.18. The predicted octanol–water partition coefficient (Wildman–Crippen LogP) is 0.168. The van der Waals surface area contributed by atoms with Crippen molar-refractivity contribution < 1.29 is 17.4 Å². The molecule has 0 aliphatic carbocycles. The Morgan fingerprint density at radius 3 is 2.73 bits per heavy atom. The van der Waals surface area contributed by atoms with Crippen LogP contribution in [-0.2, 0) is 25.5 Å². The Hall–Kier alpha value is -1.27. The first kappa shape index (κ1) is 11.8. The summed E-state index contributed by atoms with van der Waals surface area (Å²) in [7, 11) is -3.61. The van der Waals surface area contributed by atoms with E-state index in [1.165, 1.54) is 0 Å². The first-order valence-electron chi connectivity index (χ1n) is 4.25. The van der Waals surface area contributed by atoms with Crippen molar-refractivity contribution in [1.82, 2.24) is 4.98 Å². The van der Waals surface area contributed by atoms with Crippen molar-refractivity contribution in [2.24, 2.45) is 0 Å². The van der Waals surface area contributed by atoms with E-state index in [4.69, 9.17) is 0 Å². The van der Waals surface area contributed by atoms with Gasteiger partial charge in [0.05, 0.1) is 6.26 Å². The number of hydrogen-bond acceptors (Lipinski definition) is 5. The van der Waals surface area contributed by atoms with Crippen LogP contribution in [0.2, 0.25) is 0 Å². The van der Waals surface area contributed by atoms with Crippen molar-refractivity contribution in [3.63, 3.8) is 0 Å². The Kier molecular flexibility index (Phi) is 3.93. The summed E-state index contributed by atoms with van der Waals surface area (Å²) in [5.41, 5.74) is 0.609. The van der Waals surface area contributed by atoms with Crippen molar-refractivity contribution in [1.29, 1.82) is 0 Å². The Morgan fingerprint density at radius 2 is 2.27 bits per heavy atom. The highest BCUT2D eigenvalue weighted by Crippen LogP contribution is 2.03. The molecule has 1 atom stereocenters. The Morgan fingerprint density at radius 1 is 1.53 bits per heavy atom. The molecule has 0 N–H and O–H groups in total. The Labute approximate surface area is 88.2 Å². The van der Waals surface area contributed by atoms with Gasteiger partial charge in [0.15, 0.2) is 6.29 Å². The second-order valence-corrected chi connectivity index (χ2v) is 4.60. The van der Waals surface area contributed by atoms with Crippen LogP contribution in [0.4, 0.5) is 0 Å². The van der Waals surface area contributed by atoms with Gasteiger partial charge in [-0.25, -0.2) is 0 Å². The number of hydrogen-bond donors (Lipinski definition) is 0. The maximum Gasteiger partial charge on any atom is 0.265 e. The molecular formula is C9H11NO4S. The zero-order chi connectivity index (χ0) is 11.3. The van der Waals surface area contributed by atoms with E-state index in [0.29, 0.717) is 12.0 Å². The fourth-order valence-corrected chi connectivity index (χ4v) is 1.62. The summed E-state index contributed by atoms with van der Waals surface area (Å²) in [5.74, 6) is 0. The lowest BCUT2D eigenvalue weighted by Crippen LogP contribution is -2.21. The molecule has 1 rings (SSSR count). The summed E-state index contributed by atoms with van der Waals surface area (Å²) in [4.78, 5) is 14.5. The molecule has 1 unspecified atom stereocenters. The smallest absolute Gasteiger partial charge is 0.265 e. The number of aldehydes is 1. The molecule has 1 aromatic heterocycles. The van der Waals surface area contributed by atoms with Crippen LogP contribution in [-0.4, -0.2) is 32.0 Å². The van der Waals surface area contributed by atoms with Crippen LogP contribution in [0.1, 0.15) is 5.69 Å². The quantitative estimate of drug-likeness (QED) is 0.531. The van der Waals surface area contributed by atoms with Gasteiger partial charge in [-0.15, -0.1) is 0 Å². The average molecular weight is 229 g/mol. The van der Waals surface area contributed by atoms with Crippen LogP contribution in [0.15, 0.2) is 24.4 Å². The molecule has 5 nitrogen and oxygen atoms in total. The van der Waals surface area contributed by atoms with Crippen LogP contribution < -0.4 is 0 Å². The number of pyridine rings is 1. The lowest BCUT2D eigenvalue weighted by Gasteiger charge is -2.08. The number of aromatic nitrogens is 1. The lowest BCUT2D eigenvalue weighted by atomic mass is 10.2. The van der Waals surface area contributed by atoms with Gasteiger partial charge in [0.2, 0.25) is 0 Å². The highest BCUT2D eigenvalue weighted by molar-refractivity contribution is 7.86. The Balaban J connectivity index is 2.67. The monoisotopic (exact) mass is 229 g/mol. The SMILES string of the molecule is CS(=O)(=O)OC(C=O)Cc1ccccn1. The van der Waals surface area contributed by atoms with E-state index >= 15 is 0 Å². The molecule has 82 valence electrons. The third-order valence-electron chi connectivity index (χ3n) is 1.59. The van der Waals surface area contributed by atoms with E-state index in [2.05, 4.69) is 9.17 Å². The third kappa shape index (κ3) is 4.66. The zero-order valence-corrected chi connectivity index (χ0v) is 8.98. The van der Waals surface area contributed by atoms with E-state index in [1.54, 1.807) is 24.4 Å². The summed E-state index contributed by atoms with van der Waals surface area (Å²) in [6.45, 7) is 0. The lowest BCUT2D eigenvalue weighted by molar-refractivity contribution is -0.113. The second-order valence-electron chi connectivity index (χ2n) is 3.00. The maximum atomic E-state index is 10.8. The molecule has 0 aliphatic rings. The molecule has 15 heavy (non-hydrogen) atoms. The van der Waals surface area contributed by atoms with Crippen molar-refractivity contribution in [3.8, 4) is 0 Å². The minimum Gasteiger partial charge on any atom is -0.300 e. The molecule has 0 fully saturated rings. The van der Waals surface area contributed by atoms with Crippen molar-refractivity contribution in [2.75, 3.05) is 6.26 Å². The number of carbonyl (C=O) groups is 1. The second kappa shape index (κ2) is 4.99. The molecule has 0 saturated carbocycles. The maximum absolute atomic E-state index is 10.8. The highest BCUT2D eigenvalue weighted by Gasteiger charge is 2.15. The van der Waals surface area contributed by atoms with Crippen molar-refractivity contribution in [2.45, 2.75) is 12.5 Å². The fraction of sp³-hybridized carbons (Fsp3) is 0.333. The average Bonchev–Trinajstić information content (AvgIpc) is 2.16. The van der Waals surface area contributed by atoms with Gasteiger partial charge in [-0.2, -0.15) is 8.42 Å². The van der Waals surface area contributed by atoms with Gasteiger partial charge in [-0.3, -0.25) is 9.17 Å². The molecule has 0 aromatic carbocycles. The van der Waals surface area contributed by atoms with Gasteiger partial charge in [0.1, 0.15) is 6.10 Å². The predicted molar refractivity (Wildman–Crippen MR) is 53.7 cm³/mol. The summed E-state index contributed by atoms with van der Waals surface area (Å²) < 4.78 is 26.1. The highest BCUT2D eigenvalue weighted by atomic mass is 32.2. The first-order valence-corrected chi connectivity index (χ1v) is 6.06. The molecule has 0 radical (unpaired) electrons. The summed E-state index contributed by atoms with van der Waals surface area (Å²) in [6.07, 6.45) is 2.07. The normalized spacial score (nSPS) is 13.4. The van der Waals surface area contributed by atoms with Gasteiger partial charge >= 0.3 is 0 Å². The Bertz CT molecular complexity index is 415. The van der Waals surface area contributed by atoms with Gasteiger partial charge in [-0.1, -0.05) is 6.07 Å². The van der Waals surface area contributed by atoms with E-state index in [1.807, 2.05) is 0 Å². The molecular weight excluding hydrogens is 218 g/mol. The molecule has 0 aliphatic heterocycles. The summed E-state index contributed by atoms with van der Waals surface area (Å²) >= 11 is 0. The van der Waals surface area contributed by atoms with E-state index in [-0.39, 0.29) is 6.42 Å². The van der Waals surface area contributed by atoms with E-state index in [9.17, 15) is 13.2 Å². The minimum absolute atomic E-state index is 0.150. The van der Waals surface area contributed by atoms with Crippen LogP contribution in [0.25, 0.3) is 0 Å². The van der Waals surface area contributed by atoms with Crippen LogP contribution in [0, 0.1) is 0 Å². The number of rotatable bonds is 5. The van der Waals surface area contributed by atoms with Crippen LogP contribution in [0.3, 0.4) is 0 Å². The van der Waals surface area contributed by atoms with Crippen LogP contribution >= 0.6 is 0 Å². The standard InChI is InChI=1S/C9H11NO4S/c1-15(12,13)14-9(7-11)6-8-4-2-3-5-10-8/h2-5,7,9H,6H2,1H3. The molecule has 1 aromatic rings. The zero-order valence-electron chi connectivity index (χ0n) is 8.16. The molecule has 0 amide bonds. The largest absolute Gasteiger partial charge is 0.300 e. The topological polar surface area (TPSA) is 73.3 Å². The molecule has 6 heteroatoms. The summed E-state index contributed by atoms with van der Waals surface area (Å²) in [5, 5.41) is 0. The van der Waals surface area contributed by atoms with Crippen LogP contribution in [0.5, 0.6) is 0 Å². The third-order valence-corrected chi connectivity index (χ3v) is 2.18. The van der Waals surface area contributed by atoms with Gasteiger partial charge in [-0.05, 0) is 12.1 Å². The number of carbonyl (C=O) groups excluding carboxylic acids is 1. The fourth-order valence-electron chi connectivity index (χ4n) is 1.05. The van der Waals surface area contributed by atoms with E-state index < -0.39 is 16.2 Å². The number of nitrogens with zero attached hydrogens (tertiary/aromatic N) is 1. The van der Waals surface area contributed by atoms with Crippen molar-refractivity contribution >= 4 is 16.4 Å².